The highest BCUT2D eigenvalue weighted by Gasteiger charge is 2.23. The van der Waals surface area contributed by atoms with Crippen LogP contribution in [0.15, 0.2) is 146 Å². The van der Waals surface area contributed by atoms with Gasteiger partial charge in [-0.25, -0.2) is 9.97 Å². The molecule has 4 aromatic heterocycles. The second-order valence-electron chi connectivity index (χ2n) is 11.5. The molecule has 46 heavy (non-hydrogen) atoms. The zero-order valence-electron chi connectivity index (χ0n) is 24.5. The maximum Gasteiger partial charge on any atom is 0.238 e. The number of fused-ring (bicyclic) bond motifs is 12. The van der Waals surface area contributed by atoms with Crippen LogP contribution in [0.2, 0.25) is 0 Å². The van der Waals surface area contributed by atoms with Gasteiger partial charge in [0.15, 0.2) is 11.6 Å². The summed E-state index contributed by atoms with van der Waals surface area (Å²) in [5.41, 5.74) is 7.94. The molecule has 0 atom stereocenters. The van der Waals surface area contributed by atoms with Crippen LogP contribution in [0, 0.1) is 0 Å². The van der Waals surface area contributed by atoms with Crippen molar-refractivity contribution in [1.82, 2.24) is 28.9 Å². The van der Waals surface area contributed by atoms with Gasteiger partial charge in [0.2, 0.25) is 5.95 Å². The average molecular weight is 589 g/mol. The molecule has 0 aliphatic heterocycles. The monoisotopic (exact) mass is 588 g/mol. The number of aromatic nitrogens is 6. The molecular weight excluding hydrogens is 564 g/mol. The highest BCUT2D eigenvalue weighted by atomic mass is 15.2. The van der Waals surface area contributed by atoms with E-state index in [2.05, 4.69) is 87.8 Å². The number of benzene rings is 6. The molecule has 10 rings (SSSR count). The standard InChI is InChI=1S/C40H24N6/c1-3-13-25(14-4-1)37-42-38(26-15-5-2-6-16-26)44-40(43-37)46-33-21-11-9-18-28(33)30-24-23-29-27-17-7-8-19-31(27)39-41-32-20-10-12-22-34(32)45(39)35(29)36(30)46/h1-24H. The van der Waals surface area contributed by atoms with E-state index in [1.807, 2.05) is 66.7 Å². The first-order valence-electron chi connectivity index (χ1n) is 15.3. The van der Waals surface area contributed by atoms with Crippen LogP contribution in [-0.4, -0.2) is 28.9 Å². The van der Waals surface area contributed by atoms with Crippen LogP contribution in [0.25, 0.3) is 88.9 Å². The summed E-state index contributed by atoms with van der Waals surface area (Å²) in [6.07, 6.45) is 0. The molecule has 0 amide bonds. The second kappa shape index (κ2) is 9.55. The summed E-state index contributed by atoms with van der Waals surface area (Å²) in [5.74, 6) is 1.82. The topological polar surface area (TPSA) is 60.9 Å². The van der Waals surface area contributed by atoms with E-state index < -0.39 is 0 Å². The number of hydrogen-bond acceptors (Lipinski definition) is 4. The Morgan fingerprint density at radius 3 is 1.61 bits per heavy atom. The Kier molecular flexibility index (Phi) is 5.19. The van der Waals surface area contributed by atoms with Crippen molar-refractivity contribution in [3.63, 3.8) is 0 Å². The molecule has 0 saturated heterocycles. The summed E-state index contributed by atoms with van der Waals surface area (Å²) in [6.45, 7) is 0. The van der Waals surface area contributed by atoms with Crippen molar-refractivity contribution in [3.05, 3.63) is 146 Å². The van der Waals surface area contributed by atoms with Crippen molar-refractivity contribution < 1.29 is 0 Å². The molecule has 0 fully saturated rings. The van der Waals surface area contributed by atoms with Gasteiger partial charge in [0.05, 0.1) is 27.6 Å². The van der Waals surface area contributed by atoms with E-state index in [-0.39, 0.29) is 0 Å². The van der Waals surface area contributed by atoms with Gasteiger partial charge in [0.1, 0.15) is 5.65 Å². The van der Waals surface area contributed by atoms with E-state index in [9.17, 15) is 0 Å². The lowest BCUT2D eigenvalue weighted by Gasteiger charge is -2.14. The Balaban J connectivity index is 1.44. The van der Waals surface area contributed by atoms with Gasteiger partial charge in [-0.05, 0) is 23.6 Å². The molecule has 4 heterocycles. The maximum absolute atomic E-state index is 5.19. The zero-order chi connectivity index (χ0) is 30.2. The number of rotatable bonds is 3. The quantitative estimate of drug-likeness (QED) is 0.193. The van der Waals surface area contributed by atoms with Gasteiger partial charge >= 0.3 is 0 Å². The van der Waals surface area contributed by atoms with Crippen molar-refractivity contribution >= 4 is 60.2 Å². The van der Waals surface area contributed by atoms with Crippen LogP contribution in [0.5, 0.6) is 0 Å². The SMILES string of the molecule is c1ccc(-c2nc(-c3ccccc3)nc(-n3c4ccccc4c4ccc5c6ccccc6c6nc7ccccc7n6c5c43)n2)cc1. The fraction of sp³-hybridized carbons (Fsp3) is 0. The molecule has 0 saturated carbocycles. The summed E-state index contributed by atoms with van der Waals surface area (Å²) < 4.78 is 4.54. The number of nitrogens with zero attached hydrogens (tertiary/aromatic N) is 6. The normalized spacial score (nSPS) is 11.9. The molecule has 0 unspecified atom stereocenters. The predicted octanol–water partition coefficient (Wildman–Crippen LogP) is 9.41. The fourth-order valence-corrected chi connectivity index (χ4v) is 6.93. The Bertz CT molecular complexity index is 2740. The molecule has 0 spiro atoms. The highest BCUT2D eigenvalue weighted by Crippen LogP contribution is 2.40. The number of pyridine rings is 1. The van der Waals surface area contributed by atoms with Crippen molar-refractivity contribution in [1.29, 1.82) is 0 Å². The van der Waals surface area contributed by atoms with Crippen LogP contribution in [0.3, 0.4) is 0 Å². The van der Waals surface area contributed by atoms with E-state index in [0.29, 0.717) is 17.6 Å². The van der Waals surface area contributed by atoms with Crippen LogP contribution in [-0.2, 0) is 0 Å². The average Bonchev–Trinajstić information content (AvgIpc) is 3.69. The Hall–Kier alpha value is -6.40. The number of hydrogen-bond donors (Lipinski definition) is 0. The van der Waals surface area contributed by atoms with Crippen molar-refractivity contribution in [2.24, 2.45) is 0 Å². The van der Waals surface area contributed by atoms with Crippen LogP contribution in [0.4, 0.5) is 0 Å². The predicted molar refractivity (Wildman–Crippen MR) is 186 cm³/mol. The fourth-order valence-electron chi connectivity index (χ4n) is 6.93. The molecule has 214 valence electrons. The van der Waals surface area contributed by atoms with Crippen LogP contribution < -0.4 is 0 Å². The van der Waals surface area contributed by atoms with Crippen molar-refractivity contribution in [2.45, 2.75) is 0 Å². The zero-order valence-corrected chi connectivity index (χ0v) is 24.5. The van der Waals surface area contributed by atoms with Gasteiger partial charge in [0, 0.05) is 32.7 Å². The molecule has 6 aromatic carbocycles. The molecular formula is C40H24N6. The largest absolute Gasteiger partial charge is 0.290 e. The number of imidazole rings is 1. The van der Waals surface area contributed by atoms with E-state index in [4.69, 9.17) is 19.9 Å². The molecule has 6 nitrogen and oxygen atoms in total. The lowest BCUT2D eigenvalue weighted by atomic mass is 10.0. The third kappa shape index (κ3) is 3.52. The summed E-state index contributed by atoms with van der Waals surface area (Å²) in [7, 11) is 0. The molecule has 6 heteroatoms. The summed E-state index contributed by atoms with van der Waals surface area (Å²) in [4.78, 5) is 20.5. The minimum atomic E-state index is 0.567. The van der Waals surface area contributed by atoms with Gasteiger partial charge < -0.3 is 0 Å². The lowest BCUT2D eigenvalue weighted by Crippen LogP contribution is -2.07. The number of para-hydroxylation sites is 3. The minimum absolute atomic E-state index is 0.567. The van der Waals surface area contributed by atoms with Gasteiger partial charge in [0.25, 0.3) is 0 Å². The Morgan fingerprint density at radius 1 is 0.370 bits per heavy atom. The van der Waals surface area contributed by atoms with E-state index in [1.165, 1.54) is 0 Å². The highest BCUT2D eigenvalue weighted by molar-refractivity contribution is 6.24. The summed E-state index contributed by atoms with van der Waals surface area (Å²) in [5, 5.41) is 5.67. The third-order valence-electron chi connectivity index (χ3n) is 8.94. The van der Waals surface area contributed by atoms with E-state index in [1.54, 1.807) is 0 Å². The van der Waals surface area contributed by atoms with Crippen LogP contribution in [0.1, 0.15) is 0 Å². The van der Waals surface area contributed by atoms with Gasteiger partial charge in [-0.2, -0.15) is 9.97 Å². The van der Waals surface area contributed by atoms with Gasteiger partial charge in [-0.3, -0.25) is 8.97 Å². The third-order valence-corrected chi connectivity index (χ3v) is 8.94. The summed E-state index contributed by atoms with van der Waals surface area (Å²) in [6, 6.07) is 50.2. The Labute approximate surface area is 262 Å². The molecule has 10 aromatic rings. The van der Waals surface area contributed by atoms with Crippen molar-refractivity contribution in [3.8, 4) is 28.7 Å². The van der Waals surface area contributed by atoms with Gasteiger partial charge in [-0.1, -0.05) is 127 Å². The molecule has 0 aliphatic rings. The molecule has 0 aliphatic carbocycles. The lowest BCUT2D eigenvalue weighted by molar-refractivity contribution is 0.954. The van der Waals surface area contributed by atoms with E-state index in [0.717, 1.165) is 71.3 Å². The first kappa shape index (κ1) is 25.0. The molecule has 0 bridgehead atoms. The summed E-state index contributed by atoms with van der Waals surface area (Å²) >= 11 is 0. The first-order chi connectivity index (χ1) is 22.8. The first-order valence-corrected chi connectivity index (χ1v) is 15.3. The maximum atomic E-state index is 5.19. The van der Waals surface area contributed by atoms with Gasteiger partial charge in [-0.15, -0.1) is 0 Å². The molecule has 0 radical (unpaired) electrons. The van der Waals surface area contributed by atoms with Crippen molar-refractivity contribution in [2.75, 3.05) is 0 Å². The second-order valence-corrected chi connectivity index (χ2v) is 11.5. The van der Waals surface area contributed by atoms with Crippen LogP contribution >= 0.6 is 0 Å². The minimum Gasteiger partial charge on any atom is -0.290 e. The smallest absolute Gasteiger partial charge is 0.238 e. The van der Waals surface area contributed by atoms with E-state index >= 15 is 0 Å². The molecule has 0 N–H and O–H groups in total. The Morgan fingerprint density at radius 2 is 0.913 bits per heavy atom.